The van der Waals surface area contributed by atoms with E-state index in [4.69, 9.17) is 19.9 Å². The summed E-state index contributed by atoms with van der Waals surface area (Å²) >= 11 is 0. The Bertz CT molecular complexity index is 137. The molecule has 0 aromatic carbocycles. The lowest BCUT2D eigenvalue weighted by Gasteiger charge is -2.22. The fraction of sp³-hybridized carbons (Fsp3) is 1.00. The summed E-state index contributed by atoms with van der Waals surface area (Å²) < 4.78 is 15.7. The topological polar surface area (TPSA) is 53.7 Å². The predicted molar refractivity (Wildman–Crippen MR) is 54.2 cm³/mol. The van der Waals surface area contributed by atoms with Crippen molar-refractivity contribution in [1.29, 1.82) is 0 Å². The monoisotopic (exact) mass is 203 g/mol. The summed E-state index contributed by atoms with van der Waals surface area (Å²) in [5.41, 5.74) is 5.73. The summed E-state index contributed by atoms with van der Waals surface area (Å²) in [7, 11) is 1.65. The molecule has 84 valence electrons. The van der Waals surface area contributed by atoms with Gasteiger partial charge in [-0.15, -0.1) is 0 Å². The molecule has 1 heterocycles. The average molecular weight is 203 g/mol. The van der Waals surface area contributed by atoms with Gasteiger partial charge >= 0.3 is 0 Å². The lowest BCUT2D eigenvalue weighted by molar-refractivity contribution is 0.0122. The van der Waals surface area contributed by atoms with E-state index < -0.39 is 0 Å². The Hall–Kier alpha value is -0.160. The van der Waals surface area contributed by atoms with Gasteiger partial charge in [0.25, 0.3) is 0 Å². The van der Waals surface area contributed by atoms with Crippen molar-refractivity contribution in [3.05, 3.63) is 0 Å². The minimum atomic E-state index is -0.000148. The summed E-state index contributed by atoms with van der Waals surface area (Å²) in [6, 6.07) is -0.000148. The first kappa shape index (κ1) is 11.9. The van der Waals surface area contributed by atoms with Crippen LogP contribution in [0, 0.1) is 5.92 Å². The van der Waals surface area contributed by atoms with Gasteiger partial charge in [-0.05, 0) is 18.8 Å². The molecule has 0 amide bonds. The fourth-order valence-corrected chi connectivity index (χ4v) is 1.56. The fourth-order valence-electron chi connectivity index (χ4n) is 1.56. The van der Waals surface area contributed by atoms with Crippen molar-refractivity contribution in [2.45, 2.75) is 18.9 Å². The Morgan fingerprint density at radius 3 is 2.71 bits per heavy atom. The molecule has 1 fully saturated rings. The highest BCUT2D eigenvalue weighted by Gasteiger charge is 2.14. The Balaban J connectivity index is 1.96. The third kappa shape index (κ3) is 4.91. The SMILES string of the molecule is COCC(N)COCC1CCOCC1. The van der Waals surface area contributed by atoms with Crippen LogP contribution in [0.25, 0.3) is 0 Å². The van der Waals surface area contributed by atoms with E-state index >= 15 is 0 Å². The first-order valence-electron chi connectivity index (χ1n) is 5.23. The van der Waals surface area contributed by atoms with Crippen LogP contribution in [0.2, 0.25) is 0 Å². The van der Waals surface area contributed by atoms with Gasteiger partial charge in [0.1, 0.15) is 0 Å². The van der Waals surface area contributed by atoms with E-state index in [1.165, 1.54) is 0 Å². The van der Waals surface area contributed by atoms with Crippen molar-refractivity contribution in [2.24, 2.45) is 11.7 Å². The van der Waals surface area contributed by atoms with Crippen LogP contribution in [0.4, 0.5) is 0 Å². The second-order valence-electron chi connectivity index (χ2n) is 3.81. The lowest BCUT2D eigenvalue weighted by Crippen LogP contribution is -2.32. The highest BCUT2D eigenvalue weighted by atomic mass is 16.5. The van der Waals surface area contributed by atoms with Gasteiger partial charge in [0.15, 0.2) is 0 Å². The maximum absolute atomic E-state index is 5.73. The zero-order valence-corrected chi connectivity index (χ0v) is 8.91. The molecule has 0 aliphatic carbocycles. The van der Waals surface area contributed by atoms with Gasteiger partial charge in [0.05, 0.1) is 19.3 Å². The number of methoxy groups -OCH3 is 1. The molecule has 0 saturated carbocycles. The summed E-state index contributed by atoms with van der Waals surface area (Å²) in [5, 5.41) is 0. The molecule has 4 nitrogen and oxygen atoms in total. The van der Waals surface area contributed by atoms with Crippen molar-refractivity contribution in [3.63, 3.8) is 0 Å². The van der Waals surface area contributed by atoms with Crippen molar-refractivity contribution in [2.75, 3.05) is 40.1 Å². The molecular weight excluding hydrogens is 182 g/mol. The number of ether oxygens (including phenoxy) is 3. The highest BCUT2D eigenvalue weighted by Crippen LogP contribution is 2.14. The van der Waals surface area contributed by atoms with Gasteiger partial charge in [-0.25, -0.2) is 0 Å². The molecule has 1 atom stereocenters. The van der Waals surface area contributed by atoms with E-state index in [0.717, 1.165) is 32.7 Å². The van der Waals surface area contributed by atoms with Crippen molar-refractivity contribution in [3.8, 4) is 0 Å². The molecule has 1 aliphatic heterocycles. The Morgan fingerprint density at radius 2 is 2.07 bits per heavy atom. The van der Waals surface area contributed by atoms with Crippen LogP contribution in [-0.2, 0) is 14.2 Å². The molecular formula is C10H21NO3. The van der Waals surface area contributed by atoms with Gasteiger partial charge in [0, 0.05) is 26.9 Å². The van der Waals surface area contributed by atoms with Gasteiger partial charge in [0.2, 0.25) is 0 Å². The molecule has 0 bridgehead atoms. The molecule has 2 N–H and O–H groups in total. The zero-order chi connectivity index (χ0) is 10.2. The van der Waals surface area contributed by atoms with E-state index in [-0.39, 0.29) is 6.04 Å². The van der Waals surface area contributed by atoms with E-state index in [1.807, 2.05) is 0 Å². The van der Waals surface area contributed by atoms with Crippen LogP contribution >= 0.6 is 0 Å². The first-order chi connectivity index (χ1) is 6.83. The molecule has 1 unspecified atom stereocenters. The minimum absolute atomic E-state index is 0.000148. The Morgan fingerprint density at radius 1 is 1.36 bits per heavy atom. The quantitative estimate of drug-likeness (QED) is 0.679. The predicted octanol–water partition coefficient (Wildman–Crippen LogP) is 0.403. The van der Waals surface area contributed by atoms with E-state index in [0.29, 0.717) is 19.1 Å². The molecule has 0 aromatic heterocycles. The minimum Gasteiger partial charge on any atom is -0.383 e. The van der Waals surface area contributed by atoms with Crippen LogP contribution in [0.5, 0.6) is 0 Å². The summed E-state index contributed by atoms with van der Waals surface area (Å²) in [6.45, 7) is 3.70. The smallest absolute Gasteiger partial charge is 0.0640 e. The Labute approximate surface area is 85.7 Å². The Kier molecular flexibility index (Phi) is 6.10. The maximum Gasteiger partial charge on any atom is 0.0640 e. The normalized spacial score (nSPS) is 21.0. The van der Waals surface area contributed by atoms with E-state index in [9.17, 15) is 0 Å². The molecule has 14 heavy (non-hydrogen) atoms. The molecule has 1 rings (SSSR count). The summed E-state index contributed by atoms with van der Waals surface area (Å²) in [4.78, 5) is 0. The molecule has 0 aromatic rings. The zero-order valence-electron chi connectivity index (χ0n) is 8.91. The summed E-state index contributed by atoms with van der Waals surface area (Å²) in [6.07, 6.45) is 2.22. The van der Waals surface area contributed by atoms with Gasteiger partial charge < -0.3 is 19.9 Å². The molecule has 4 heteroatoms. The van der Waals surface area contributed by atoms with E-state index in [2.05, 4.69) is 0 Å². The van der Waals surface area contributed by atoms with Crippen LogP contribution in [-0.4, -0.2) is 46.2 Å². The molecule has 1 saturated heterocycles. The standard InChI is InChI=1S/C10H21NO3/c1-12-7-10(11)8-14-6-9-2-4-13-5-3-9/h9-10H,2-8,11H2,1H3. The second-order valence-corrected chi connectivity index (χ2v) is 3.81. The number of hydrogen-bond donors (Lipinski definition) is 1. The molecule has 0 spiro atoms. The van der Waals surface area contributed by atoms with Crippen molar-refractivity contribution >= 4 is 0 Å². The summed E-state index contributed by atoms with van der Waals surface area (Å²) in [5.74, 6) is 0.651. The number of nitrogens with two attached hydrogens (primary N) is 1. The van der Waals surface area contributed by atoms with Crippen LogP contribution in [0.15, 0.2) is 0 Å². The first-order valence-corrected chi connectivity index (χ1v) is 5.23. The largest absolute Gasteiger partial charge is 0.383 e. The third-order valence-corrected chi connectivity index (χ3v) is 2.41. The van der Waals surface area contributed by atoms with Crippen LogP contribution in [0.3, 0.4) is 0 Å². The molecule has 0 radical (unpaired) electrons. The lowest BCUT2D eigenvalue weighted by atomic mass is 10.0. The van der Waals surface area contributed by atoms with Crippen molar-refractivity contribution in [1.82, 2.24) is 0 Å². The van der Waals surface area contributed by atoms with Crippen molar-refractivity contribution < 1.29 is 14.2 Å². The van der Waals surface area contributed by atoms with Gasteiger partial charge in [-0.1, -0.05) is 0 Å². The molecule has 1 aliphatic rings. The van der Waals surface area contributed by atoms with Crippen LogP contribution in [0.1, 0.15) is 12.8 Å². The van der Waals surface area contributed by atoms with Crippen LogP contribution < -0.4 is 5.73 Å². The maximum atomic E-state index is 5.73. The van der Waals surface area contributed by atoms with E-state index in [1.54, 1.807) is 7.11 Å². The average Bonchev–Trinajstić information content (AvgIpc) is 2.20. The second kappa shape index (κ2) is 7.17. The van der Waals surface area contributed by atoms with Gasteiger partial charge in [-0.3, -0.25) is 0 Å². The number of rotatable bonds is 6. The third-order valence-electron chi connectivity index (χ3n) is 2.41. The highest BCUT2D eigenvalue weighted by molar-refractivity contribution is 4.64. The number of hydrogen-bond acceptors (Lipinski definition) is 4. The van der Waals surface area contributed by atoms with Gasteiger partial charge in [-0.2, -0.15) is 0 Å².